The minimum Gasteiger partial charge on any atom is -0.453 e. The summed E-state index contributed by atoms with van der Waals surface area (Å²) in [7, 11) is 3.28. The van der Waals surface area contributed by atoms with Crippen molar-refractivity contribution in [1.29, 1.82) is 0 Å². The molecular formula is C28H39ClN4O3. The van der Waals surface area contributed by atoms with Crippen molar-refractivity contribution in [3.05, 3.63) is 59.1 Å². The molecule has 196 valence electrons. The van der Waals surface area contributed by atoms with Crippen LogP contribution in [0.5, 0.6) is 0 Å². The number of nitrogens with one attached hydrogen (secondary N) is 3. The Bertz CT molecular complexity index is 981. The minimum absolute atomic E-state index is 0.0636. The fraction of sp³-hybridized carbons (Fsp3) is 0.500. The molecule has 2 aromatic rings. The highest BCUT2D eigenvalue weighted by molar-refractivity contribution is 6.30. The standard InChI is InChI=1S/C28H39ClN4O3/c1-30-20-24(17-21-9-4-3-5-10-21)32-27(34)22-11-6-13-25(18-22)33(16-8-15-31-28(35)36-2)26-14-7-12-23(29)19-26/h6-7,11-14,18-19,21,24,30H,3-5,8-10,15-17,20H2,1-2H3,(H,31,35)(H,32,34)/t24-/m0/s1. The molecule has 0 spiro atoms. The molecule has 36 heavy (non-hydrogen) atoms. The number of rotatable bonds is 12. The van der Waals surface area contributed by atoms with E-state index in [0.717, 1.165) is 24.3 Å². The van der Waals surface area contributed by atoms with Crippen LogP contribution in [0.25, 0.3) is 0 Å². The molecule has 0 aliphatic heterocycles. The van der Waals surface area contributed by atoms with Gasteiger partial charge in [0.1, 0.15) is 0 Å². The van der Waals surface area contributed by atoms with Crippen LogP contribution < -0.4 is 20.9 Å². The number of amides is 2. The zero-order chi connectivity index (χ0) is 25.8. The smallest absolute Gasteiger partial charge is 0.406 e. The number of likely N-dealkylation sites (N-methyl/N-ethyl adjacent to an activating group) is 1. The molecule has 1 aliphatic carbocycles. The molecule has 1 saturated carbocycles. The van der Waals surface area contributed by atoms with Gasteiger partial charge in [-0.2, -0.15) is 0 Å². The Morgan fingerprint density at radius 2 is 1.81 bits per heavy atom. The number of hydrogen-bond donors (Lipinski definition) is 3. The third kappa shape index (κ3) is 8.71. The topological polar surface area (TPSA) is 82.7 Å². The molecule has 0 radical (unpaired) electrons. The molecule has 0 unspecified atom stereocenters. The largest absolute Gasteiger partial charge is 0.453 e. The molecule has 0 saturated heterocycles. The van der Waals surface area contributed by atoms with Gasteiger partial charge in [0.2, 0.25) is 0 Å². The number of halogens is 1. The van der Waals surface area contributed by atoms with Crippen molar-refractivity contribution >= 4 is 35.0 Å². The maximum absolute atomic E-state index is 13.3. The van der Waals surface area contributed by atoms with Crippen LogP contribution in [0.4, 0.5) is 16.2 Å². The average molecular weight is 515 g/mol. The third-order valence-electron chi connectivity index (χ3n) is 6.68. The molecule has 2 aromatic carbocycles. The summed E-state index contributed by atoms with van der Waals surface area (Å²) in [5.74, 6) is 0.618. The van der Waals surface area contributed by atoms with E-state index in [9.17, 15) is 9.59 Å². The van der Waals surface area contributed by atoms with Crippen LogP contribution in [0.1, 0.15) is 55.3 Å². The van der Waals surface area contributed by atoms with Crippen LogP contribution in [-0.2, 0) is 4.74 Å². The van der Waals surface area contributed by atoms with E-state index in [1.54, 1.807) is 0 Å². The highest BCUT2D eigenvalue weighted by Gasteiger charge is 2.21. The quantitative estimate of drug-likeness (QED) is 0.325. The third-order valence-corrected chi connectivity index (χ3v) is 6.92. The summed E-state index contributed by atoms with van der Waals surface area (Å²) in [5.41, 5.74) is 2.43. The highest BCUT2D eigenvalue weighted by atomic mass is 35.5. The van der Waals surface area contributed by atoms with Gasteiger partial charge < -0.3 is 25.6 Å². The number of benzene rings is 2. The molecule has 8 heteroatoms. The minimum atomic E-state index is -0.452. The molecule has 1 aliphatic rings. The van der Waals surface area contributed by atoms with E-state index in [4.69, 9.17) is 11.6 Å². The van der Waals surface area contributed by atoms with Gasteiger partial charge >= 0.3 is 6.09 Å². The van der Waals surface area contributed by atoms with Crippen molar-refractivity contribution < 1.29 is 14.3 Å². The summed E-state index contributed by atoms with van der Waals surface area (Å²) in [6, 6.07) is 15.4. The van der Waals surface area contributed by atoms with Crippen molar-refractivity contribution in [3.63, 3.8) is 0 Å². The molecule has 1 atom stereocenters. The van der Waals surface area contributed by atoms with Crippen LogP contribution in [0.3, 0.4) is 0 Å². The Morgan fingerprint density at radius 3 is 2.50 bits per heavy atom. The van der Waals surface area contributed by atoms with E-state index in [0.29, 0.717) is 36.0 Å². The number of carbonyl (C=O) groups excluding carboxylic acids is 2. The number of carbonyl (C=O) groups is 2. The molecule has 7 nitrogen and oxygen atoms in total. The monoisotopic (exact) mass is 514 g/mol. The van der Waals surface area contributed by atoms with Crippen molar-refractivity contribution in [2.45, 2.75) is 51.0 Å². The summed E-state index contributed by atoms with van der Waals surface area (Å²) in [5, 5.41) is 9.85. The van der Waals surface area contributed by atoms with Gasteiger partial charge in [0, 0.05) is 47.6 Å². The van der Waals surface area contributed by atoms with Crippen LogP contribution in [0.2, 0.25) is 5.02 Å². The molecule has 1 fully saturated rings. The second kappa shape index (κ2) is 14.7. The molecule has 0 aromatic heterocycles. The second-order valence-electron chi connectivity index (χ2n) is 9.42. The SMILES string of the molecule is CNC[C@H](CC1CCCCC1)NC(=O)c1cccc(N(CCCNC(=O)OC)c2cccc(Cl)c2)c1. The number of anilines is 2. The summed E-state index contributed by atoms with van der Waals surface area (Å²) < 4.78 is 4.65. The van der Waals surface area contributed by atoms with Crippen molar-refractivity contribution in [3.8, 4) is 0 Å². The van der Waals surface area contributed by atoms with Gasteiger partial charge in [-0.25, -0.2) is 4.79 Å². The van der Waals surface area contributed by atoms with Gasteiger partial charge in [-0.3, -0.25) is 4.79 Å². The van der Waals surface area contributed by atoms with Crippen molar-refractivity contribution in [2.75, 3.05) is 38.7 Å². The zero-order valence-electron chi connectivity index (χ0n) is 21.4. The maximum atomic E-state index is 13.3. The van der Waals surface area contributed by atoms with Crippen LogP contribution in [0, 0.1) is 5.92 Å². The Balaban J connectivity index is 1.73. The van der Waals surface area contributed by atoms with Crippen LogP contribution in [0.15, 0.2) is 48.5 Å². The normalized spacial score (nSPS) is 14.6. The van der Waals surface area contributed by atoms with Gasteiger partial charge in [0.25, 0.3) is 5.91 Å². The first kappa shape index (κ1) is 27.8. The Labute approximate surface area is 219 Å². The second-order valence-corrected chi connectivity index (χ2v) is 9.86. The first-order valence-electron chi connectivity index (χ1n) is 12.9. The summed E-state index contributed by atoms with van der Waals surface area (Å²) in [6.45, 7) is 1.85. The van der Waals surface area contributed by atoms with Gasteiger partial charge in [-0.1, -0.05) is 55.8 Å². The predicted octanol–water partition coefficient (Wildman–Crippen LogP) is 5.51. The first-order chi connectivity index (χ1) is 17.5. The van der Waals surface area contributed by atoms with E-state index in [1.165, 1.54) is 39.2 Å². The van der Waals surface area contributed by atoms with Gasteiger partial charge in [0.15, 0.2) is 0 Å². The predicted molar refractivity (Wildman–Crippen MR) is 146 cm³/mol. The number of nitrogens with zero attached hydrogens (tertiary/aromatic N) is 1. The summed E-state index contributed by atoms with van der Waals surface area (Å²) in [6.07, 6.45) is 7.66. The molecule has 2 amide bonds. The van der Waals surface area contributed by atoms with E-state index >= 15 is 0 Å². The Morgan fingerprint density at radius 1 is 1.08 bits per heavy atom. The lowest BCUT2D eigenvalue weighted by Crippen LogP contribution is -2.42. The average Bonchev–Trinajstić information content (AvgIpc) is 2.89. The number of ether oxygens (including phenoxy) is 1. The lowest BCUT2D eigenvalue weighted by atomic mass is 9.84. The van der Waals surface area contributed by atoms with E-state index in [-0.39, 0.29) is 11.9 Å². The number of alkyl carbamates (subject to hydrolysis) is 1. The van der Waals surface area contributed by atoms with E-state index in [1.807, 2.05) is 55.6 Å². The first-order valence-corrected chi connectivity index (χ1v) is 13.3. The van der Waals surface area contributed by atoms with E-state index in [2.05, 4.69) is 25.6 Å². The Hall–Kier alpha value is -2.77. The van der Waals surface area contributed by atoms with Gasteiger partial charge in [-0.05, 0) is 62.2 Å². The zero-order valence-corrected chi connectivity index (χ0v) is 22.2. The number of methoxy groups -OCH3 is 1. The molecule has 0 heterocycles. The van der Waals surface area contributed by atoms with Crippen molar-refractivity contribution in [1.82, 2.24) is 16.0 Å². The molecule has 3 rings (SSSR count). The Kier molecular flexibility index (Phi) is 11.4. The number of hydrogen-bond acceptors (Lipinski definition) is 5. The van der Waals surface area contributed by atoms with Crippen LogP contribution >= 0.6 is 11.6 Å². The van der Waals surface area contributed by atoms with Crippen LogP contribution in [-0.4, -0.2) is 51.8 Å². The highest BCUT2D eigenvalue weighted by Crippen LogP contribution is 2.29. The van der Waals surface area contributed by atoms with E-state index < -0.39 is 6.09 Å². The van der Waals surface area contributed by atoms with Crippen molar-refractivity contribution in [2.24, 2.45) is 5.92 Å². The fourth-order valence-corrected chi connectivity index (χ4v) is 5.08. The lowest BCUT2D eigenvalue weighted by Gasteiger charge is -2.28. The van der Waals surface area contributed by atoms with Gasteiger partial charge in [-0.15, -0.1) is 0 Å². The van der Waals surface area contributed by atoms with Gasteiger partial charge in [0.05, 0.1) is 7.11 Å². The lowest BCUT2D eigenvalue weighted by molar-refractivity contribution is 0.0928. The molecule has 0 bridgehead atoms. The molecule has 3 N–H and O–H groups in total. The maximum Gasteiger partial charge on any atom is 0.406 e. The summed E-state index contributed by atoms with van der Waals surface area (Å²) in [4.78, 5) is 26.8. The fourth-order valence-electron chi connectivity index (χ4n) is 4.90. The summed E-state index contributed by atoms with van der Waals surface area (Å²) >= 11 is 6.28. The molecular weight excluding hydrogens is 476 g/mol.